The number of ether oxygens (including phenoxy) is 1. The Morgan fingerprint density at radius 1 is 0.345 bits per heavy atom. The summed E-state index contributed by atoms with van der Waals surface area (Å²) in [6, 6.07) is 0. The van der Waals surface area contributed by atoms with Crippen LogP contribution >= 0.6 is 0 Å². The van der Waals surface area contributed by atoms with Gasteiger partial charge in [0.15, 0.2) is 0 Å². The van der Waals surface area contributed by atoms with E-state index in [2.05, 4.69) is 283 Å². The van der Waals surface area contributed by atoms with Crippen molar-refractivity contribution in [3.05, 3.63) is 0 Å². The van der Waals surface area contributed by atoms with Gasteiger partial charge in [-0.05, 0) is 109 Å². The molecule has 0 heterocycles. The SMILES string of the molecule is C#CC#CC#CC#CC#CC#CC#CC#CC#CC#CC#CC#CC#CC#CC#CC#CC#CC#CC#CC#CC#CC#CC#CC#CC.CCOC(=O)O. The summed E-state index contributed by atoms with van der Waals surface area (Å²) in [6.45, 7) is 3.54. The van der Waals surface area contributed by atoms with Crippen molar-refractivity contribution in [1.82, 2.24) is 0 Å². The van der Waals surface area contributed by atoms with Crippen molar-refractivity contribution < 1.29 is 14.6 Å². The van der Waals surface area contributed by atoms with Crippen LogP contribution in [0.25, 0.3) is 0 Å². The van der Waals surface area contributed by atoms with E-state index >= 15 is 0 Å². The van der Waals surface area contributed by atoms with Gasteiger partial charge in [0, 0.05) is 178 Å². The number of terminal acetylenes is 1. The predicted molar refractivity (Wildman–Crippen MR) is 213 cm³/mol. The van der Waals surface area contributed by atoms with E-state index in [1.54, 1.807) is 13.8 Å². The largest absolute Gasteiger partial charge is 0.505 e. The molecule has 3 nitrogen and oxygen atoms in total. The lowest BCUT2D eigenvalue weighted by molar-refractivity contribution is 0.0966. The summed E-state index contributed by atoms with van der Waals surface area (Å²) in [5.74, 6) is 117. The second kappa shape index (κ2) is 44.8. The Bertz CT molecular complexity index is 3120. The van der Waals surface area contributed by atoms with Crippen LogP contribution in [0.15, 0.2) is 0 Å². The van der Waals surface area contributed by atoms with E-state index in [1.165, 1.54) is 0 Å². The van der Waals surface area contributed by atoms with Crippen LogP contribution in [0.1, 0.15) is 13.8 Å². The van der Waals surface area contributed by atoms with Crippen molar-refractivity contribution in [3.8, 4) is 285 Å². The Morgan fingerprint density at radius 2 is 0.491 bits per heavy atom. The average molecular weight is 683 g/mol. The summed E-state index contributed by atoms with van der Waals surface area (Å²) >= 11 is 0. The normalized spacial score (nSPS) is 4.31. The fourth-order valence-corrected chi connectivity index (χ4v) is 1.57. The Kier molecular flexibility index (Phi) is 37.4. The minimum atomic E-state index is -1.21. The molecular weight excluding hydrogens is 673 g/mol. The monoisotopic (exact) mass is 682 g/mol. The highest BCUT2D eigenvalue weighted by atomic mass is 16.7. The molecule has 55 heavy (non-hydrogen) atoms. The summed E-state index contributed by atoms with van der Waals surface area (Å²) in [5.41, 5.74) is 0. The van der Waals surface area contributed by atoms with Crippen molar-refractivity contribution in [2.75, 3.05) is 6.61 Å². The van der Waals surface area contributed by atoms with Crippen LogP contribution in [0.2, 0.25) is 0 Å². The third-order valence-electron chi connectivity index (χ3n) is 3.21. The van der Waals surface area contributed by atoms with E-state index in [0.29, 0.717) is 0 Å². The van der Waals surface area contributed by atoms with Crippen molar-refractivity contribution >= 4 is 6.16 Å². The second-order valence-electron chi connectivity index (χ2n) is 6.72. The fourth-order valence-electron chi connectivity index (χ4n) is 1.57. The quantitative estimate of drug-likeness (QED) is 0.337. The van der Waals surface area contributed by atoms with Crippen LogP contribution in [-0.4, -0.2) is 17.9 Å². The zero-order valence-corrected chi connectivity index (χ0v) is 28.5. The van der Waals surface area contributed by atoms with Crippen LogP contribution in [0.3, 0.4) is 0 Å². The van der Waals surface area contributed by atoms with Crippen molar-refractivity contribution in [1.29, 1.82) is 0 Å². The molecule has 0 atom stereocenters. The highest BCUT2D eigenvalue weighted by Crippen LogP contribution is 1.70. The Morgan fingerprint density at radius 3 is 0.582 bits per heavy atom. The summed E-state index contributed by atoms with van der Waals surface area (Å²) in [6.07, 6.45) is 3.73. The molecule has 0 radical (unpaired) electrons. The first kappa shape index (κ1) is 45.8. The van der Waals surface area contributed by atoms with Gasteiger partial charge in [-0.25, -0.2) is 4.79 Å². The number of rotatable bonds is 1. The lowest BCUT2D eigenvalue weighted by Crippen LogP contribution is -1.97. The average Bonchev–Trinajstić information content (AvgIpc) is 3.18. The maximum Gasteiger partial charge on any atom is 0.505 e. The molecule has 0 aromatic rings. The van der Waals surface area contributed by atoms with Gasteiger partial charge in [-0.3, -0.25) is 0 Å². The lowest BCUT2D eigenvalue weighted by atomic mass is 10.4. The smallest absolute Gasteiger partial charge is 0.450 e. The number of hydrogen-bond acceptors (Lipinski definition) is 2. The molecule has 0 unspecified atom stereocenters. The van der Waals surface area contributed by atoms with E-state index in [0.717, 1.165) is 0 Å². The molecule has 0 rings (SSSR count). The zero-order chi connectivity index (χ0) is 40.2. The molecule has 0 spiro atoms. The van der Waals surface area contributed by atoms with Gasteiger partial charge in [0.05, 0.1) is 6.61 Å². The molecule has 236 valence electrons. The molecule has 1 N–H and O–H groups in total. The Balaban J connectivity index is 0. The summed E-state index contributed by atoms with van der Waals surface area (Å²) in [4.78, 5) is 9.38. The first-order chi connectivity index (χ1) is 27.2. The third kappa shape index (κ3) is 49.8. The minimum absolute atomic E-state index is 0.231. The standard InChI is InChI=1S/C49H4.C3H6O3/c1-3-5-7-9-11-13-15-17-19-21-23-25-27-29-31-33-35-37-39-41-43-45-47-49-48-46-44-42-40-38-36-34-32-30-28-26-24-22-20-18-16-14-12-10-8-6-4-2;1-2-6-3(4)5/h1H,2H3;2H2,1H3,(H,4,5). The topological polar surface area (TPSA) is 46.5 Å². The molecule has 0 aromatic heterocycles. The van der Waals surface area contributed by atoms with Gasteiger partial charge in [-0.2, -0.15) is 0 Å². The summed E-state index contributed by atoms with van der Waals surface area (Å²) < 4.78 is 3.96. The third-order valence-corrected chi connectivity index (χ3v) is 3.21. The van der Waals surface area contributed by atoms with Crippen LogP contribution in [-0.2, 0) is 4.74 Å². The van der Waals surface area contributed by atoms with Crippen LogP contribution in [0.5, 0.6) is 0 Å². The molecule has 0 aliphatic carbocycles. The molecule has 0 saturated heterocycles. The van der Waals surface area contributed by atoms with Crippen LogP contribution < -0.4 is 0 Å². The molecule has 0 aromatic carbocycles. The van der Waals surface area contributed by atoms with Gasteiger partial charge in [0.1, 0.15) is 0 Å². The van der Waals surface area contributed by atoms with E-state index in [9.17, 15) is 4.79 Å². The maximum absolute atomic E-state index is 9.38. The Hall–Kier alpha value is -11.3. The molecule has 0 fully saturated rings. The second-order valence-corrected chi connectivity index (χ2v) is 6.72. The number of hydrogen-bond donors (Lipinski definition) is 1. The minimum Gasteiger partial charge on any atom is -0.450 e. The van der Waals surface area contributed by atoms with Gasteiger partial charge in [0.25, 0.3) is 0 Å². The summed E-state index contributed by atoms with van der Waals surface area (Å²) in [7, 11) is 0. The van der Waals surface area contributed by atoms with E-state index in [4.69, 9.17) is 11.5 Å². The molecule has 0 bridgehead atoms. The van der Waals surface area contributed by atoms with Crippen LogP contribution in [0, 0.1) is 285 Å². The number of carbonyl (C=O) groups is 1. The molecule has 0 aliphatic rings. The zero-order valence-electron chi connectivity index (χ0n) is 28.5. The van der Waals surface area contributed by atoms with Crippen molar-refractivity contribution in [3.63, 3.8) is 0 Å². The van der Waals surface area contributed by atoms with Gasteiger partial charge in [0.2, 0.25) is 0 Å². The maximum atomic E-state index is 9.38. The molecular formula is C52H10O3. The van der Waals surface area contributed by atoms with Gasteiger partial charge < -0.3 is 9.84 Å². The van der Waals surface area contributed by atoms with Gasteiger partial charge in [-0.1, -0.05) is 5.92 Å². The highest BCUT2D eigenvalue weighted by molar-refractivity contribution is 5.56. The molecule has 3 heteroatoms. The molecule has 0 aliphatic heterocycles. The van der Waals surface area contributed by atoms with Gasteiger partial charge >= 0.3 is 6.16 Å². The van der Waals surface area contributed by atoms with E-state index in [1.807, 2.05) is 0 Å². The van der Waals surface area contributed by atoms with E-state index < -0.39 is 6.16 Å². The van der Waals surface area contributed by atoms with Crippen molar-refractivity contribution in [2.45, 2.75) is 13.8 Å². The van der Waals surface area contributed by atoms with E-state index in [-0.39, 0.29) is 6.61 Å². The van der Waals surface area contributed by atoms with Crippen molar-refractivity contribution in [2.24, 2.45) is 0 Å². The molecule has 0 saturated carbocycles. The first-order valence-electron chi connectivity index (χ1n) is 13.9. The molecule has 0 amide bonds. The fraction of sp³-hybridized carbons (Fsp3) is 0.0577. The first-order valence-corrected chi connectivity index (χ1v) is 13.9. The van der Waals surface area contributed by atoms with Gasteiger partial charge in [-0.15, -0.1) is 6.42 Å². The number of carboxylic acid groups (broad SMARTS) is 1. The predicted octanol–water partition coefficient (Wildman–Crippen LogP) is 1.42. The highest BCUT2D eigenvalue weighted by Gasteiger charge is 1.86. The Labute approximate surface area is 324 Å². The lowest BCUT2D eigenvalue weighted by Gasteiger charge is -1.87. The van der Waals surface area contributed by atoms with Crippen LogP contribution in [0.4, 0.5) is 4.79 Å². The summed E-state index contributed by atoms with van der Waals surface area (Å²) in [5, 5.41) is 7.69.